The van der Waals surface area contributed by atoms with Gasteiger partial charge < -0.3 is 4.90 Å². The molecule has 1 heterocycles. The fourth-order valence-corrected chi connectivity index (χ4v) is 2.54. The fraction of sp³-hybridized carbons (Fsp3) is 0.417. The highest BCUT2D eigenvalue weighted by molar-refractivity contribution is 9.09. The maximum absolute atomic E-state index is 13.8. The van der Waals surface area contributed by atoms with E-state index in [1.54, 1.807) is 0 Å². The second-order valence-electron chi connectivity index (χ2n) is 4.30. The van der Waals surface area contributed by atoms with E-state index >= 15 is 0 Å². The molecule has 0 aromatic heterocycles. The number of hydrogen-bond donors (Lipinski definition) is 0. The number of carbonyl (C=O) groups excluding carboxylic acids is 1. The molecule has 1 amide bonds. The van der Waals surface area contributed by atoms with Gasteiger partial charge in [-0.25, -0.2) is 4.39 Å². The summed E-state index contributed by atoms with van der Waals surface area (Å²) in [6.07, 6.45) is -4.10. The summed E-state index contributed by atoms with van der Waals surface area (Å²) >= 11 is 3.32. The van der Waals surface area contributed by atoms with Crippen LogP contribution in [-0.4, -0.2) is 28.7 Å². The van der Waals surface area contributed by atoms with Gasteiger partial charge in [0.05, 0.1) is 11.1 Å². The first kappa shape index (κ1) is 14.3. The van der Waals surface area contributed by atoms with Gasteiger partial charge in [-0.1, -0.05) is 22.0 Å². The molecule has 0 saturated carbocycles. The van der Waals surface area contributed by atoms with Crippen molar-refractivity contribution in [1.82, 2.24) is 4.90 Å². The number of carbonyl (C=O) groups is 1. The minimum Gasteiger partial charge on any atom is -0.337 e. The molecule has 1 aliphatic heterocycles. The van der Waals surface area contributed by atoms with Crippen molar-refractivity contribution in [2.45, 2.75) is 17.4 Å². The van der Waals surface area contributed by atoms with Gasteiger partial charge in [-0.3, -0.25) is 4.79 Å². The highest BCUT2D eigenvalue weighted by Crippen LogP contribution is 2.33. The average Bonchev–Trinajstić information content (AvgIpc) is 2.74. The zero-order valence-corrected chi connectivity index (χ0v) is 11.3. The van der Waals surface area contributed by atoms with Crippen molar-refractivity contribution in [3.05, 3.63) is 35.1 Å². The molecule has 1 atom stereocenters. The van der Waals surface area contributed by atoms with Crippen molar-refractivity contribution in [2.75, 3.05) is 13.1 Å². The molecule has 1 unspecified atom stereocenters. The monoisotopic (exact) mass is 339 g/mol. The number of benzene rings is 1. The van der Waals surface area contributed by atoms with Crippen LogP contribution in [0.3, 0.4) is 0 Å². The van der Waals surface area contributed by atoms with E-state index in [1.807, 2.05) is 0 Å². The molecule has 0 aliphatic carbocycles. The normalized spacial score (nSPS) is 19.8. The molecule has 19 heavy (non-hydrogen) atoms. The maximum atomic E-state index is 13.8. The third kappa shape index (κ3) is 2.91. The van der Waals surface area contributed by atoms with Gasteiger partial charge >= 0.3 is 6.18 Å². The molecule has 7 heteroatoms. The summed E-state index contributed by atoms with van der Waals surface area (Å²) in [6.45, 7) is 0.777. The quantitative estimate of drug-likeness (QED) is 0.566. The Labute approximate surface area is 115 Å². The number of halogens is 5. The summed E-state index contributed by atoms with van der Waals surface area (Å²) in [5, 5.41) is 0. The minimum atomic E-state index is -4.80. The lowest BCUT2D eigenvalue weighted by Crippen LogP contribution is -2.30. The molecular weight excluding hydrogens is 330 g/mol. The third-order valence-corrected chi connectivity index (χ3v) is 3.70. The van der Waals surface area contributed by atoms with Crippen molar-refractivity contribution in [1.29, 1.82) is 0 Å². The zero-order chi connectivity index (χ0) is 14.2. The number of alkyl halides is 4. The Hall–Kier alpha value is -1.11. The lowest BCUT2D eigenvalue weighted by Gasteiger charge is -2.17. The zero-order valence-electron chi connectivity index (χ0n) is 9.68. The second-order valence-corrected chi connectivity index (χ2v) is 5.60. The molecule has 0 N–H and O–H groups in total. The van der Waals surface area contributed by atoms with E-state index < -0.39 is 29.0 Å². The van der Waals surface area contributed by atoms with E-state index in [4.69, 9.17) is 0 Å². The van der Waals surface area contributed by atoms with E-state index in [1.165, 1.54) is 4.90 Å². The Morgan fingerprint density at radius 1 is 1.37 bits per heavy atom. The first-order valence-electron chi connectivity index (χ1n) is 5.59. The molecular formula is C12H10BrF4NO. The first-order valence-corrected chi connectivity index (χ1v) is 6.51. The van der Waals surface area contributed by atoms with Crippen molar-refractivity contribution in [2.24, 2.45) is 0 Å². The number of hydrogen-bond acceptors (Lipinski definition) is 1. The van der Waals surface area contributed by atoms with Gasteiger partial charge in [0, 0.05) is 17.9 Å². The van der Waals surface area contributed by atoms with Crippen LogP contribution < -0.4 is 0 Å². The topological polar surface area (TPSA) is 20.3 Å². The Morgan fingerprint density at radius 2 is 2.05 bits per heavy atom. The summed E-state index contributed by atoms with van der Waals surface area (Å²) < 4.78 is 51.5. The van der Waals surface area contributed by atoms with Crippen LogP contribution in [-0.2, 0) is 6.18 Å². The van der Waals surface area contributed by atoms with E-state index in [9.17, 15) is 22.4 Å². The molecule has 1 fully saturated rings. The van der Waals surface area contributed by atoms with Crippen LogP contribution in [0.25, 0.3) is 0 Å². The number of nitrogens with zero attached hydrogens (tertiary/aromatic N) is 1. The van der Waals surface area contributed by atoms with Crippen molar-refractivity contribution < 1.29 is 22.4 Å². The summed E-state index contributed by atoms with van der Waals surface area (Å²) in [7, 11) is 0. The summed E-state index contributed by atoms with van der Waals surface area (Å²) in [5.74, 6) is -2.21. The summed E-state index contributed by atoms with van der Waals surface area (Å²) in [6, 6.07) is 2.75. The maximum Gasteiger partial charge on any atom is 0.419 e. The van der Waals surface area contributed by atoms with Gasteiger partial charge in [-0.05, 0) is 18.6 Å². The molecule has 1 saturated heterocycles. The molecule has 104 valence electrons. The SMILES string of the molecule is O=C(c1cccc(C(F)(F)F)c1F)N1CCC(Br)C1. The van der Waals surface area contributed by atoms with Crippen molar-refractivity contribution in [3.8, 4) is 0 Å². The van der Waals surface area contributed by atoms with Gasteiger partial charge in [0.15, 0.2) is 0 Å². The van der Waals surface area contributed by atoms with Gasteiger partial charge in [0.1, 0.15) is 5.82 Å². The average molecular weight is 340 g/mol. The lowest BCUT2D eigenvalue weighted by atomic mass is 10.1. The van der Waals surface area contributed by atoms with E-state index in [2.05, 4.69) is 15.9 Å². The van der Waals surface area contributed by atoms with E-state index in [-0.39, 0.29) is 4.83 Å². The molecule has 0 bridgehead atoms. The number of amides is 1. The molecule has 1 aliphatic rings. The fourth-order valence-electron chi connectivity index (χ4n) is 1.99. The Balaban J connectivity index is 2.33. The van der Waals surface area contributed by atoms with E-state index in [0.29, 0.717) is 25.6 Å². The van der Waals surface area contributed by atoms with Crippen LogP contribution in [0.1, 0.15) is 22.3 Å². The smallest absolute Gasteiger partial charge is 0.337 e. The Bertz CT molecular complexity index is 503. The standard InChI is InChI=1S/C12H10BrF4NO/c13-7-4-5-18(6-7)11(19)8-2-1-3-9(10(8)14)12(15,16)17/h1-3,7H,4-6H2. The van der Waals surface area contributed by atoms with Gasteiger partial charge in [-0.15, -0.1) is 0 Å². The Kier molecular flexibility index (Phi) is 3.85. The summed E-state index contributed by atoms with van der Waals surface area (Å²) in [5.41, 5.74) is -1.94. The van der Waals surface area contributed by atoms with E-state index in [0.717, 1.165) is 12.1 Å². The molecule has 0 radical (unpaired) electrons. The van der Waals surface area contributed by atoms with Gasteiger partial charge in [0.2, 0.25) is 0 Å². The van der Waals surface area contributed by atoms with Crippen molar-refractivity contribution >= 4 is 21.8 Å². The predicted octanol–water partition coefficient (Wildman–Crippen LogP) is 3.45. The molecule has 0 spiro atoms. The van der Waals surface area contributed by atoms with Crippen LogP contribution in [0.2, 0.25) is 0 Å². The lowest BCUT2D eigenvalue weighted by molar-refractivity contribution is -0.140. The van der Waals surface area contributed by atoms with Gasteiger partial charge in [-0.2, -0.15) is 13.2 Å². The highest BCUT2D eigenvalue weighted by Gasteiger charge is 2.36. The van der Waals surface area contributed by atoms with Crippen molar-refractivity contribution in [3.63, 3.8) is 0 Å². The van der Waals surface area contributed by atoms with Crippen LogP contribution in [0.4, 0.5) is 17.6 Å². The predicted molar refractivity (Wildman–Crippen MR) is 64.6 cm³/mol. The molecule has 2 nitrogen and oxygen atoms in total. The molecule has 1 aromatic carbocycles. The van der Waals surface area contributed by atoms with Crippen LogP contribution in [0, 0.1) is 5.82 Å². The number of rotatable bonds is 1. The van der Waals surface area contributed by atoms with Crippen LogP contribution in [0.5, 0.6) is 0 Å². The number of likely N-dealkylation sites (tertiary alicyclic amines) is 1. The van der Waals surface area contributed by atoms with Crippen LogP contribution >= 0.6 is 15.9 Å². The largest absolute Gasteiger partial charge is 0.419 e. The Morgan fingerprint density at radius 3 is 2.58 bits per heavy atom. The van der Waals surface area contributed by atoms with Crippen LogP contribution in [0.15, 0.2) is 18.2 Å². The highest BCUT2D eigenvalue weighted by atomic mass is 79.9. The summed E-state index contributed by atoms with van der Waals surface area (Å²) in [4.78, 5) is 13.4. The second kappa shape index (κ2) is 5.11. The molecule has 1 aromatic rings. The third-order valence-electron chi connectivity index (χ3n) is 2.95. The first-order chi connectivity index (χ1) is 8.80. The van der Waals surface area contributed by atoms with Gasteiger partial charge in [0.25, 0.3) is 5.91 Å². The molecule has 2 rings (SSSR count). The minimum absolute atomic E-state index is 0.102.